The zero-order valence-corrected chi connectivity index (χ0v) is 16.9. The van der Waals surface area contributed by atoms with Crippen molar-refractivity contribution in [1.29, 1.82) is 0 Å². The van der Waals surface area contributed by atoms with Crippen molar-refractivity contribution < 1.29 is 27.5 Å². The number of ketones is 1. The quantitative estimate of drug-likeness (QED) is 0.565. The number of carbonyl (C=O) groups is 3. The van der Waals surface area contributed by atoms with Gasteiger partial charge in [-0.2, -0.15) is 0 Å². The highest BCUT2D eigenvalue weighted by molar-refractivity contribution is 7.90. The van der Waals surface area contributed by atoms with Crippen LogP contribution in [-0.2, 0) is 19.4 Å². The maximum atomic E-state index is 12.5. The van der Waals surface area contributed by atoms with E-state index in [1.807, 2.05) is 0 Å². The molecule has 0 aliphatic carbocycles. The molecule has 1 unspecified atom stereocenters. The number of anilines is 1. The average molecular weight is 424 g/mol. The monoisotopic (exact) mass is 423 g/mol. The lowest BCUT2D eigenvalue weighted by Crippen LogP contribution is -2.24. The molecule has 0 aliphatic rings. The summed E-state index contributed by atoms with van der Waals surface area (Å²) in [4.78, 5) is 35.8. The maximum absolute atomic E-state index is 12.5. The summed E-state index contributed by atoms with van der Waals surface area (Å²) in [5, 5.41) is 2.59. The number of carbonyl (C=O) groups excluding carboxylic acids is 3. The highest BCUT2D eigenvalue weighted by atomic mass is 35.5. The zero-order valence-electron chi connectivity index (χ0n) is 15.4. The van der Waals surface area contributed by atoms with Gasteiger partial charge in [0.1, 0.15) is 0 Å². The van der Waals surface area contributed by atoms with Gasteiger partial charge in [-0.25, -0.2) is 13.2 Å². The highest BCUT2D eigenvalue weighted by Crippen LogP contribution is 2.22. The second kappa shape index (κ2) is 8.53. The van der Waals surface area contributed by atoms with E-state index in [1.165, 1.54) is 38.1 Å². The number of hydrogen-bond acceptors (Lipinski definition) is 6. The van der Waals surface area contributed by atoms with Gasteiger partial charge in [-0.3, -0.25) is 9.59 Å². The van der Waals surface area contributed by atoms with Crippen molar-refractivity contribution in [1.82, 2.24) is 0 Å². The summed E-state index contributed by atoms with van der Waals surface area (Å²) in [6.07, 6.45) is -0.126. The molecular formula is C19H18ClNO6S. The van der Waals surface area contributed by atoms with Gasteiger partial charge in [0.05, 0.1) is 15.5 Å². The smallest absolute Gasteiger partial charge is 0.340 e. The lowest BCUT2D eigenvalue weighted by Gasteiger charge is -2.14. The summed E-state index contributed by atoms with van der Waals surface area (Å²) in [5.74, 6) is -1.61. The van der Waals surface area contributed by atoms with Crippen molar-refractivity contribution in [3.8, 4) is 0 Å². The number of Topliss-reactive ketones (excluding diaryl/α,β-unsaturated/α-hetero) is 1. The van der Waals surface area contributed by atoms with E-state index in [4.69, 9.17) is 16.3 Å². The Labute approximate surface area is 167 Å². The number of nitrogens with one attached hydrogen (secondary N) is 1. The first-order valence-electron chi connectivity index (χ1n) is 8.11. The van der Waals surface area contributed by atoms with Gasteiger partial charge in [0.2, 0.25) is 11.7 Å². The van der Waals surface area contributed by atoms with Crippen LogP contribution in [0.3, 0.4) is 0 Å². The summed E-state index contributed by atoms with van der Waals surface area (Å²) < 4.78 is 28.5. The average Bonchev–Trinajstić information content (AvgIpc) is 2.60. The number of benzene rings is 2. The Morgan fingerprint density at radius 2 is 1.68 bits per heavy atom. The van der Waals surface area contributed by atoms with Crippen molar-refractivity contribution in [2.24, 2.45) is 0 Å². The molecule has 0 spiro atoms. The Bertz CT molecular complexity index is 1030. The van der Waals surface area contributed by atoms with Crippen LogP contribution in [0.5, 0.6) is 0 Å². The molecule has 0 saturated carbocycles. The van der Waals surface area contributed by atoms with Crippen molar-refractivity contribution in [2.45, 2.75) is 24.8 Å². The first kappa shape index (κ1) is 21.6. The minimum absolute atomic E-state index is 0.0108. The SMILES string of the molecule is CC(=O)Nc1ccc(C(=O)C(C)OC(=O)c2cc(S(C)(=O)=O)ccc2Cl)cc1. The van der Waals surface area contributed by atoms with Gasteiger partial charge >= 0.3 is 5.97 Å². The number of rotatable bonds is 6. The summed E-state index contributed by atoms with van der Waals surface area (Å²) in [6, 6.07) is 9.76. The molecule has 1 atom stereocenters. The Morgan fingerprint density at radius 1 is 1.07 bits per heavy atom. The van der Waals surface area contributed by atoms with E-state index in [1.54, 1.807) is 12.1 Å². The standard InChI is InChI=1S/C19H18ClNO6S/c1-11(18(23)13-4-6-14(7-5-13)21-12(2)22)27-19(24)16-10-15(28(3,25)26)8-9-17(16)20/h4-11H,1-3H3,(H,21,22). The van der Waals surface area contributed by atoms with E-state index in [2.05, 4.69) is 5.32 Å². The van der Waals surface area contributed by atoms with Crippen LogP contribution in [0.25, 0.3) is 0 Å². The number of sulfone groups is 1. The van der Waals surface area contributed by atoms with Gasteiger partial charge in [-0.1, -0.05) is 11.6 Å². The highest BCUT2D eigenvalue weighted by Gasteiger charge is 2.23. The van der Waals surface area contributed by atoms with Crippen molar-refractivity contribution in [3.63, 3.8) is 0 Å². The van der Waals surface area contributed by atoms with Gasteiger partial charge in [-0.15, -0.1) is 0 Å². The molecule has 1 N–H and O–H groups in total. The topological polar surface area (TPSA) is 107 Å². The normalized spacial score (nSPS) is 12.1. The molecule has 0 saturated heterocycles. The number of hydrogen-bond donors (Lipinski definition) is 1. The number of esters is 1. The Kier molecular flexibility index (Phi) is 6.58. The van der Waals surface area contributed by atoms with Gasteiger partial charge in [0, 0.05) is 24.4 Å². The summed E-state index contributed by atoms with van der Waals surface area (Å²) in [6.45, 7) is 2.76. The third-order valence-electron chi connectivity index (χ3n) is 3.73. The molecule has 0 heterocycles. The Balaban J connectivity index is 2.16. The number of halogens is 1. The molecule has 0 bridgehead atoms. The fraction of sp³-hybridized carbons (Fsp3) is 0.211. The van der Waals surface area contributed by atoms with Crippen LogP contribution < -0.4 is 5.32 Å². The van der Waals surface area contributed by atoms with E-state index in [0.29, 0.717) is 5.69 Å². The molecule has 1 amide bonds. The Morgan fingerprint density at radius 3 is 2.21 bits per heavy atom. The minimum atomic E-state index is -3.54. The summed E-state index contributed by atoms with van der Waals surface area (Å²) in [7, 11) is -3.54. The van der Waals surface area contributed by atoms with E-state index < -0.39 is 27.7 Å². The van der Waals surface area contributed by atoms with Gasteiger partial charge in [0.25, 0.3) is 0 Å². The molecule has 148 valence electrons. The fourth-order valence-electron chi connectivity index (χ4n) is 2.32. The first-order valence-corrected chi connectivity index (χ1v) is 10.4. The molecule has 0 fully saturated rings. The summed E-state index contributed by atoms with van der Waals surface area (Å²) >= 11 is 5.97. The minimum Gasteiger partial charge on any atom is -0.451 e. The molecule has 0 aliphatic heterocycles. The third kappa shape index (κ3) is 5.40. The molecule has 28 heavy (non-hydrogen) atoms. The van der Waals surface area contributed by atoms with Gasteiger partial charge in [0.15, 0.2) is 15.9 Å². The van der Waals surface area contributed by atoms with Crippen LogP contribution in [0.4, 0.5) is 5.69 Å². The van der Waals surface area contributed by atoms with Gasteiger partial charge in [-0.05, 0) is 49.4 Å². The van der Waals surface area contributed by atoms with Crippen LogP contribution in [-0.4, -0.2) is 38.4 Å². The fourth-order valence-corrected chi connectivity index (χ4v) is 3.17. The predicted octanol–water partition coefficient (Wildman–Crippen LogP) is 3.13. The third-order valence-corrected chi connectivity index (χ3v) is 5.17. The number of amides is 1. The largest absolute Gasteiger partial charge is 0.451 e. The number of ether oxygens (including phenoxy) is 1. The second-order valence-corrected chi connectivity index (χ2v) is 8.51. The van der Waals surface area contributed by atoms with E-state index in [0.717, 1.165) is 12.3 Å². The molecule has 0 radical (unpaired) electrons. The van der Waals surface area contributed by atoms with Crippen molar-refractivity contribution >= 4 is 44.8 Å². The molecule has 2 aromatic rings. The Hall–Kier alpha value is -2.71. The van der Waals surface area contributed by atoms with Crippen LogP contribution in [0, 0.1) is 0 Å². The lowest BCUT2D eigenvalue weighted by atomic mass is 10.1. The van der Waals surface area contributed by atoms with Gasteiger partial charge < -0.3 is 10.1 Å². The zero-order chi connectivity index (χ0) is 21.1. The molecule has 7 nitrogen and oxygen atoms in total. The second-order valence-electron chi connectivity index (χ2n) is 6.08. The molecule has 2 aromatic carbocycles. The molecule has 0 aromatic heterocycles. The van der Waals surface area contributed by atoms with E-state index >= 15 is 0 Å². The van der Waals surface area contributed by atoms with Crippen molar-refractivity contribution in [2.75, 3.05) is 11.6 Å². The lowest BCUT2D eigenvalue weighted by molar-refractivity contribution is -0.114. The van der Waals surface area contributed by atoms with Crippen LogP contribution in [0.2, 0.25) is 5.02 Å². The van der Waals surface area contributed by atoms with Crippen LogP contribution in [0.15, 0.2) is 47.4 Å². The van der Waals surface area contributed by atoms with E-state index in [-0.39, 0.29) is 27.0 Å². The molecule has 9 heteroatoms. The predicted molar refractivity (Wildman–Crippen MR) is 105 cm³/mol. The van der Waals surface area contributed by atoms with Crippen LogP contribution in [0.1, 0.15) is 34.6 Å². The first-order chi connectivity index (χ1) is 13.0. The summed E-state index contributed by atoms with van der Waals surface area (Å²) in [5.41, 5.74) is 0.661. The van der Waals surface area contributed by atoms with Crippen LogP contribution >= 0.6 is 11.6 Å². The molecule has 2 rings (SSSR count). The molecular weight excluding hydrogens is 406 g/mol. The van der Waals surface area contributed by atoms with E-state index in [9.17, 15) is 22.8 Å². The van der Waals surface area contributed by atoms with Crippen molar-refractivity contribution in [3.05, 3.63) is 58.6 Å². The maximum Gasteiger partial charge on any atom is 0.340 e.